The molecule has 8 heteroatoms. The van der Waals surface area contributed by atoms with Crippen molar-refractivity contribution in [1.82, 2.24) is 24.6 Å². The SMILES string of the molecule is Cc1ccccc1-n1c(SCC(=O)N(Cc2ccccc2)Cc2ccco2)nnc1-c1ccncc1. The minimum atomic E-state index is -0.00922. The van der Waals surface area contributed by atoms with Gasteiger partial charge in [-0.2, -0.15) is 0 Å². The van der Waals surface area contributed by atoms with Crippen LogP contribution < -0.4 is 0 Å². The lowest BCUT2D eigenvalue weighted by Crippen LogP contribution is -2.31. The number of rotatable bonds is 9. The van der Waals surface area contributed by atoms with Crippen LogP contribution in [0.3, 0.4) is 0 Å². The molecule has 0 bridgehead atoms. The van der Waals surface area contributed by atoms with Crippen LogP contribution in [0.4, 0.5) is 0 Å². The predicted molar refractivity (Wildman–Crippen MR) is 139 cm³/mol. The zero-order chi connectivity index (χ0) is 24.7. The molecule has 36 heavy (non-hydrogen) atoms. The van der Waals surface area contributed by atoms with Crippen molar-refractivity contribution < 1.29 is 9.21 Å². The second-order valence-electron chi connectivity index (χ2n) is 8.27. The van der Waals surface area contributed by atoms with Crippen LogP contribution in [0.1, 0.15) is 16.9 Å². The molecule has 0 fully saturated rings. The summed E-state index contributed by atoms with van der Waals surface area (Å²) in [7, 11) is 0. The van der Waals surface area contributed by atoms with Crippen LogP contribution >= 0.6 is 11.8 Å². The van der Waals surface area contributed by atoms with Gasteiger partial charge in [-0.3, -0.25) is 14.3 Å². The van der Waals surface area contributed by atoms with E-state index in [1.807, 2.05) is 77.4 Å². The number of furan rings is 1. The van der Waals surface area contributed by atoms with Crippen molar-refractivity contribution in [3.8, 4) is 17.1 Å². The van der Waals surface area contributed by atoms with Gasteiger partial charge in [-0.05, 0) is 48.4 Å². The maximum absolute atomic E-state index is 13.4. The third-order valence-corrected chi connectivity index (χ3v) is 6.66. The molecule has 180 valence electrons. The monoisotopic (exact) mass is 495 g/mol. The van der Waals surface area contributed by atoms with Crippen LogP contribution in [-0.4, -0.2) is 36.3 Å². The first-order valence-electron chi connectivity index (χ1n) is 11.6. The average molecular weight is 496 g/mol. The lowest BCUT2D eigenvalue weighted by molar-refractivity contribution is -0.129. The van der Waals surface area contributed by atoms with Crippen molar-refractivity contribution in [2.75, 3.05) is 5.75 Å². The zero-order valence-corrected chi connectivity index (χ0v) is 20.6. The minimum Gasteiger partial charge on any atom is -0.467 e. The smallest absolute Gasteiger partial charge is 0.233 e. The Bertz CT molecular complexity index is 1420. The highest BCUT2D eigenvalue weighted by molar-refractivity contribution is 7.99. The first kappa shape index (κ1) is 23.6. The molecular formula is C28H25N5O2S. The number of hydrogen-bond donors (Lipinski definition) is 0. The van der Waals surface area contributed by atoms with Crippen LogP contribution in [0.2, 0.25) is 0 Å². The van der Waals surface area contributed by atoms with Gasteiger partial charge in [-0.25, -0.2) is 0 Å². The van der Waals surface area contributed by atoms with E-state index >= 15 is 0 Å². The van der Waals surface area contributed by atoms with Crippen LogP contribution in [-0.2, 0) is 17.9 Å². The summed E-state index contributed by atoms with van der Waals surface area (Å²) in [6.07, 6.45) is 5.10. The number of nitrogens with zero attached hydrogens (tertiary/aromatic N) is 5. The fraction of sp³-hybridized carbons (Fsp3) is 0.143. The van der Waals surface area contributed by atoms with Gasteiger partial charge >= 0.3 is 0 Å². The Morgan fingerprint density at radius 3 is 2.44 bits per heavy atom. The molecule has 3 aromatic heterocycles. The second-order valence-corrected chi connectivity index (χ2v) is 9.21. The van der Waals surface area contributed by atoms with Gasteiger partial charge in [-0.15, -0.1) is 10.2 Å². The molecule has 0 atom stereocenters. The number of hydrogen-bond acceptors (Lipinski definition) is 6. The van der Waals surface area contributed by atoms with Gasteiger partial charge in [0.05, 0.1) is 24.2 Å². The number of pyridine rings is 1. The van der Waals surface area contributed by atoms with E-state index in [2.05, 4.69) is 28.2 Å². The Labute approximate surface area is 213 Å². The standard InChI is InChI=1S/C28H25N5O2S/c1-21-8-5-6-12-25(21)33-27(23-13-15-29-16-14-23)30-31-28(33)36-20-26(34)32(19-24-11-7-17-35-24)18-22-9-3-2-4-10-22/h2-17H,18-20H2,1H3. The van der Waals surface area contributed by atoms with Gasteiger partial charge in [0.2, 0.25) is 5.91 Å². The van der Waals surface area contributed by atoms with Crippen molar-refractivity contribution >= 4 is 17.7 Å². The first-order chi connectivity index (χ1) is 17.7. The topological polar surface area (TPSA) is 77.0 Å². The van der Waals surface area contributed by atoms with Crippen LogP contribution in [0.15, 0.2) is 107 Å². The minimum absolute atomic E-state index is 0.00922. The molecule has 0 radical (unpaired) electrons. The first-order valence-corrected chi connectivity index (χ1v) is 12.6. The van der Waals surface area contributed by atoms with E-state index in [0.717, 1.165) is 28.1 Å². The lowest BCUT2D eigenvalue weighted by atomic mass is 10.2. The highest BCUT2D eigenvalue weighted by atomic mass is 32.2. The van der Waals surface area contributed by atoms with Gasteiger partial charge in [0.1, 0.15) is 5.76 Å². The molecule has 5 rings (SSSR count). The summed E-state index contributed by atoms with van der Waals surface area (Å²) >= 11 is 1.38. The van der Waals surface area contributed by atoms with Gasteiger partial charge < -0.3 is 9.32 Å². The summed E-state index contributed by atoms with van der Waals surface area (Å²) in [6.45, 7) is 2.94. The fourth-order valence-electron chi connectivity index (χ4n) is 3.93. The third kappa shape index (κ3) is 5.39. The van der Waals surface area contributed by atoms with Crippen molar-refractivity contribution in [2.45, 2.75) is 25.2 Å². The van der Waals surface area contributed by atoms with Crippen LogP contribution in [0.25, 0.3) is 17.1 Å². The molecule has 0 aliphatic heterocycles. The molecule has 1 amide bonds. The molecule has 0 aliphatic carbocycles. The number of carbonyl (C=O) groups is 1. The molecular weight excluding hydrogens is 470 g/mol. The Morgan fingerprint density at radius 1 is 0.917 bits per heavy atom. The fourth-order valence-corrected chi connectivity index (χ4v) is 4.77. The molecule has 0 spiro atoms. The van der Waals surface area contributed by atoms with Crippen LogP contribution in [0, 0.1) is 6.92 Å². The molecule has 0 unspecified atom stereocenters. The second kappa shape index (κ2) is 11.0. The Morgan fingerprint density at radius 2 is 1.69 bits per heavy atom. The van der Waals surface area contributed by atoms with E-state index in [0.29, 0.717) is 24.1 Å². The number of amides is 1. The molecule has 0 N–H and O–H groups in total. The quantitative estimate of drug-likeness (QED) is 0.250. The number of carbonyl (C=O) groups excluding carboxylic acids is 1. The Kier molecular flexibility index (Phi) is 7.23. The van der Waals surface area contributed by atoms with E-state index in [1.54, 1.807) is 23.6 Å². The van der Waals surface area contributed by atoms with Gasteiger partial charge in [0, 0.05) is 24.5 Å². The van der Waals surface area contributed by atoms with Crippen molar-refractivity contribution in [3.05, 3.63) is 114 Å². The van der Waals surface area contributed by atoms with E-state index in [4.69, 9.17) is 4.42 Å². The Balaban J connectivity index is 1.41. The highest BCUT2D eigenvalue weighted by Gasteiger charge is 2.21. The van der Waals surface area contributed by atoms with Crippen molar-refractivity contribution in [3.63, 3.8) is 0 Å². The van der Waals surface area contributed by atoms with Crippen molar-refractivity contribution in [1.29, 1.82) is 0 Å². The molecule has 0 saturated carbocycles. The van der Waals surface area contributed by atoms with Gasteiger partial charge in [0.25, 0.3) is 0 Å². The number of thioether (sulfide) groups is 1. The molecule has 3 heterocycles. The summed E-state index contributed by atoms with van der Waals surface area (Å²) in [4.78, 5) is 19.4. The van der Waals surface area contributed by atoms with E-state index in [9.17, 15) is 4.79 Å². The number of para-hydroxylation sites is 1. The maximum atomic E-state index is 13.4. The third-order valence-electron chi connectivity index (χ3n) is 5.75. The summed E-state index contributed by atoms with van der Waals surface area (Å²) in [5, 5.41) is 9.60. The summed E-state index contributed by atoms with van der Waals surface area (Å²) < 4.78 is 7.54. The molecule has 5 aromatic rings. The number of benzene rings is 2. The number of aromatic nitrogens is 4. The maximum Gasteiger partial charge on any atom is 0.233 e. The average Bonchev–Trinajstić information content (AvgIpc) is 3.58. The Hall–Kier alpha value is -4.17. The van der Waals surface area contributed by atoms with Crippen molar-refractivity contribution in [2.24, 2.45) is 0 Å². The molecule has 7 nitrogen and oxygen atoms in total. The van der Waals surface area contributed by atoms with Gasteiger partial charge in [-0.1, -0.05) is 60.3 Å². The number of aryl methyl sites for hydroxylation is 1. The van der Waals surface area contributed by atoms with E-state index in [-0.39, 0.29) is 11.7 Å². The summed E-state index contributed by atoms with van der Waals surface area (Å²) in [5.74, 6) is 1.66. The lowest BCUT2D eigenvalue weighted by Gasteiger charge is -2.22. The van der Waals surface area contributed by atoms with E-state index < -0.39 is 0 Å². The normalized spacial score (nSPS) is 10.9. The molecule has 0 aliphatic rings. The summed E-state index contributed by atoms with van der Waals surface area (Å²) in [5.41, 5.74) is 4.03. The van der Waals surface area contributed by atoms with Gasteiger partial charge in [0.15, 0.2) is 11.0 Å². The summed E-state index contributed by atoms with van der Waals surface area (Å²) in [6, 6.07) is 25.6. The largest absolute Gasteiger partial charge is 0.467 e. The zero-order valence-electron chi connectivity index (χ0n) is 19.8. The van der Waals surface area contributed by atoms with E-state index in [1.165, 1.54) is 11.8 Å². The predicted octanol–water partition coefficient (Wildman–Crippen LogP) is 5.55. The highest BCUT2D eigenvalue weighted by Crippen LogP contribution is 2.29. The molecule has 2 aromatic carbocycles. The molecule has 0 saturated heterocycles. The van der Waals surface area contributed by atoms with Crippen LogP contribution in [0.5, 0.6) is 0 Å².